The van der Waals surface area contributed by atoms with Crippen molar-refractivity contribution in [1.29, 1.82) is 0 Å². The van der Waals surface area contributed by atoms with Crippen molar-refractivity contribution in [3.63, 3.8) is 0 Å². The summed E-state index contributed by atoms with van der Waals surface area (Å²) in [7, 11) is 0. The number of benzene rings is 2. The number of rotatable bonds is 7. The van der Waals surface area contributed by atoms with Gasteiger partial charge in [0.15, 0.2) is 5.84 Å². The number of hydrogen-bond donors (Lipinski definition) is 3. The van der Waals surface area contributed by atoms with Gasteiger partial charge in [-0.2, -0.15) is 0 Å². The van der Waals surface area contributed by atoms with Crippen molar-refractivity contribution in [3.05, 3.63) is 59.7 Å². The first-order valence-corrected chi connectivity index (χ1v) is 9.00. The van der Waals surface area contributed by atoms with Gasteiger partial charge in [-0.3, -0.25) is 4.79 Å². The second-order valence-electron chi connectivity index (χ2n) is 6.42. The van der Waals surface area contributed by atoms with E-state index < -0.39 is 6.10 Å². The van der Waals surface area contributed by atoms with Crippen molar-refractivity contribution < 1.29 is 14.7 Å². The molecule has 2 aromatic rings. The van der Waals surface area contributed by atoms with E-state index in [2.05, 4.69) is 5.16 Å². The number of ether oxygens (including phenoxy) is 1. The molecule has 0 saturated heterocycles. The van der Waals surface area contributed by atoms with E-state index in [1.54, 1.807) is 29.2 Å². The molecule has 7 heteroatoms. The zero-order chi connectivity index (χ0) is 19.2. The Morgan fingerprint density at radius 3 is 2.74 bits per heavy atom. The third kappa shape index (κ3) is 4.03. The van der Waals surface area contributed by atoms with Crippen molar-refractivity contribution in [2.45, 2.75) is 25.4 Å². The number of para-hydroxylation sites is 2. The monoisotopic (exact) mass is 368 g/mol. The van der Waals surface area contributed by atoms with Crippen LogP contribution in [-0.4, -0.2) is 30.0 Å². The van der Waals surface area contributed by atoms with Crippen molar-refractivity contribution in [1.82, 2.24) is 0 Å². The van der Waals surface area contributed by atoms with Gasteiger partial charge in [-0.25, -0.2) is 0 Å². The van der Waals surface area contributed by atoms with Gasteiger partial charge >= 0.3 is 0 Å². The number of carbonyl (C=O) groups is 1. The molecule has 1 unspecified atom stereocenters. The van der Waals surface area contributed by atoms with E-state index in [9.17, 15) is 4.79 Å². The molecule has 0 aliphatic carbocycles. The molecule has 5 N–H and O–H groups in total. The van der Waals surface area contributed by atoms with Crippen LogP contribution >= 0.6 is 0 Å². The lowest BCUT2D eigenvalue weighted by molar-refractivity contribution is -0.126. The van der Waals surface area contributed by atoms with Crippen LogP contribution in [0.25, 0.3) is 0 Å². The summed E-state index contributed by atoms with van der Waals surface area (Å²) in [4.78, 5) is 14.9. The summed E-state index contributed by atoms with van der Waals surface area (Å²) in [6, 6.07) is 14.5. The third-order valence-corrected chi connectivity index (χ3v) is 4.57. The molecule has 1 aliphatic heterocycles. The van der Waals surface area contributed by atoms with Crippen molar-refractivity contribution in [2.24, 2.45) is 16.6 Å². The largest absolute Gasteiger partial charge is 0.474 e. The standard InChI is InChI=1S/C20H24N4O3/c21-11-4-1-5-12-24-16-9-2-3-10-17(16)27-18(20(24)25)14-7-6-8-15(13-14)19(22)23-26/h2-3,6-10,13,18,26H,1,4-5,11-12,21H2,(H2,22,23). The second kappa shape index (κ2) is 8.55. The number of oxime groups is 1. The third-order valence-electron chi connectivity index (χ3n) is 4.57. The highest BCUT2D eigenvalue weighted by Gasteiger charge is 2.35. The van der Waals surface area contributed by atoms with Crippen LogP contribution in [0.5, 0.6) is 5.75 Å². The van der Waals surface area contributed by atoms with E-state index in [0.717, 1.165) is 24.9 Å². The molecule has 1 amide bonds. The molecule has 1 atom stereocenters. The first kappa shape index (κ1) is 18.7. The van der Waals surface area contributed by atoms with E-state index >= 15 is 0 Å². The molecule has 7 nitrogen and oxygen atoms in total. The molecule has 0 spiro atoms. The molecular weight excluding hydrogens is 344 g/mol. The quantitative estimate of drug-likeness (QED) is 0.228. The molecule has 0 radical (unpaired) electrons. The van der Waals surface area contributed by atoms with Gasteiger partial charge in [-0.1, -0.05) is 41.9 Å². The van der Waals surface area contributed by atoms with Crippen LogP contribution < -0.4 is 21.1 Å². The molecular formula is C20H24N4O3. The summed E-state index contributed by atoms with van der Waals surface area (Å²) < 4.78 is 6.00. The number of hydrogen-bond acceptors (Lipinski definition) is 5. The van der Waals surface area contributed by atoms with Gasteiger partial charge in [0.2, 0.25) is 6.10 Å². The van der Waals surface area contributed by atoms with Crippen LogP contribution in [-0.2, 0) is 4.79 Å². The smallest absolute Gasteiger partial charge is 0.272 e. The molecule has 0 aromatic heterocycles. The number of amides is 1. The summed E-state index contributed by atoms with van der Waals surface area (Å²) in [5.41, 5.74) is 13.2. The zero-order valence-electron chi connectivity index (χ0n) is 15.0. The van der Waals surface area contributed by atoms with Crippen LogP contribution in [0.1, 0.15) is 36.5 Å². The average molecular weight is 368 g/mol. The highest BCUT2D eigenvalue weighted by atomic mass is 16.5. The predicted octanol–water partition coefficient (Wildman–Crippen LogP) is 2.38. The van der Waals surface area contributed by atoms with Gasteiger partial charge in [0, 0.05) is 17.7 Å². The van der Waals surface area contributed by atoms with Gasteiger partial charge in [-0.05, 0) is 37.6 Å². The maximum atomic E-state index is 13.2. The van der Waals surface area contributed by atoms with E-state index in [1.165, 1.54) is 0 Å². The molecule has 27 heavy (non-hydrogen) atoms. The van der Waals surface area contributed by atoms with Gasteiger partial charge in [0.25, 0.3) is 5.91 Å². The molecule has 0 saturated carbocycles. The Morgan fingerprint density at radius 2 is 1.96 bits per heavy atom. The minimum atomic E-state index is -0.777. The Balaban J connectivity index is 1.90. The van der Waals surface area contributed by atoms with E-state index in [-0.39, 0.29) is 11.7 Å². The molecule has 3 rings (SSSR count). The Kier molecular flexibility index (Phi) is 5.93. The maximum Gasteiger partial charge on any atom is 0.272 e. The highest BCUT2D eigenvalue weighted by Crippen LogP contribution is 2.39. The minimum Gasteiger partial charge on any atom is -0.474 e. The van der Waals surface area contributed by atoms with E-state index in [0.29, 0.717) is 30.0 Å². The average Bonchev–Trinajstić information content (AvgIpc) is 2.71. The van der Waals surface area contributed by atoms with Gasteiger partial charge in [0.1, 0.15) is 5.75 Å². The summed E-state index contributed by atoms with van der Waals surface area (Å²) in [6.45, 7) is 1.26. The van der Waals surface area contributed by atoms with Crippen LogP contribution in [0, 0.1) is 0 Å². The summed E-state index contributed by atoms with van der Waals surface area (Å²) in [6.07, 6.45) is 1.99. The minimum absolute atomic E-state index is 0.0147. The topological polar surface area (TPSA) is 114 Å². The maximum absolute atomic E-state index is 13.2. The normalized spacial score (nSPS) is 16.8. The Hall–Kier alpha value is -3.06. The number of anilines is 1. The number of nitrogens with zero attached hydrogens (tertiary/aromatic N) is 2. The molecule has 1 heterocycles. The molecule has 142 valence electrons. The van der Waals surface area contributed by atoms with Crippen LogP contribution in [0.2, 0.25) is 0 Å². The van der Waals surface area contributed by atoms with Crippen LogP contribution in [0.4, 0.5) is 5.69 Å². The van der Waals surface area contributed by atoms with Crippen LogP contribution in [0.15, 0.2) is 53.7 Å². The number of unbranched alkanes of at least 4 members (excludes halogenated alkanes) is 2. The van der Waals surface area contributed by atoms with E-state index in [1.807, 2.05) is 24.3 Å². The molecule has 1 aliphatic rings. The molecule has 2 aromatic carbocycles. The highest BCUT2D eigenvalue weighted by molar-refractivity contribution is 6.01. The van der Waals surface area contributed by atoms with E-state index in [4.69, 9.17) is 21.4 Å². The van der Waals surface area contributed by atoms with Crippen molar-refractivity contribution in [2.75, 3.05) is 18.0 Å². The predicted molar refractivity (Wildman–Crippen MR) is 104 cm³/mol. The number of amidine groups is 1. The number of fused-ring (bicyclic) bond motifs is 1. The van der Waals surface area contributed by atoms with Crippen molar-refractivity contribution in [3.8, 4) is 5.75 Å². The lowest BCUT2D eigenvalue weighted by Crippen LogP contribution is -2.41. The lowest BCUT2D eigenvalue weighted by Gasteiger charge is -2.34. The second-order valence-corrected chi connectivity index (χ2v) is 6.42. The number of carbonyl (C=O) groups excluding carboxylic acids is 1. The van der Waals surface area contributed by atoms with Gasteiger partial charge < -0.3 is 26.3 Å². The summed E-state index contributed by atoms with van der Waals surface area (Å²) in [5, 5.41) is 11.9. The SMILES string of the molecule is NCCCCCN1C(=O)C(c2cccc(/C(N)=N/O)c2)Oc2ccccc21. The fraction of sp³-hybridized carbons (Fsp3) is 0.300. The Bertz CT molecular complexity index is 837. The van der Waals surface area contributed by atoms with Crippen LogP contribution in [0.3, 0.4) is 0 Å². The number of nitrogens with two attached hydrogens (primary N) is 2. The molecule has 0 fully saturated rings. The fourth-order valence-electron chi connectivity index (χ4n) is 3.17. The Labute approximate surface area is 158 Å². The summed E-state index contributed by atoms with van der Waals surface area (Å²) in [5.74, 6) is 0.521. The summed E-state index contributed by atoms with van der Waals surface area (Å²) >= 11 is 0. The van der Waals surface area contributed by atoms with Crippen molar-refractivity contribution >= 4 is 17.4 Å². The first-order chi connectivity index (χ1) is 13.2. The van der Waals surface area contributed by atoms with Gasteiger partial charge in [0.05, 0.1) is 5.69 Å². The first-order valence-electron chi connectivity index (χ1n) is 9.00. The lowest BCUT2D eigenvalue weighted by atomic mass is 10.0. The Morgan fingerprint density at radius 1 is 1.15 bits per heavy atom. The zero-order valence-corrected chi connectivity index (χ0v) is 15.0. The molecule has 0 bridgehead atoms. The van der Waals surface area contributed by atoms with Gasteiger partial charge in [-0.15, -0.1) is 0 Å². The fourth-order valence-corrected chi connectivity index (χ4v) is 3.17.